The fourth-order valence-electron chi connectivity index (χ4n) is 2.14. The number of aromatic nitrogens is 1. The Kier molecular flexibility index (Phi) is 4.02. The van der Waals surface area contributed by atoms with Gasteiger partial charge >= 0.3 is 0 Å². The lowest BCUT2D eigenvalue weighted by molar-refractivity contribution is -0.0393. The summed E-state index contributed by atoms with van der Waals surface area (Å²) in [6.45, 7) is 0. The molecule has 3 nitrogen and oxygen atoms in total. The topological polar surface area (TPSA) is 34.2 Å². The van der Waals surface area contributed by atoms with E-state index in [1.165, 1.54) is 12.0 Å². The van der Waals surface area contributed by atoms with Crippen LogP contribution in [0.2, 0.25) is 0 Å². The molecular formula is C12H17ClN2O. The van der Waals surface area contributed by atoms with Crippen molar-refractivity contribution >= 4 is 17.3 Å². The SMILES string of the molecule is CNc1cnccc1C1CCC[C@@H](CCl)O1. The second-order valence-corrected chi connectivity index (χ2v) is 4.35. The fourth-order valence-corrected chi connectivity index (χ4v) is 2.36. The van der Waals surface area contributed by atoms with E-state index >= 15 is 0 Å². The first-order chi connectivity index (χ1) is 7.85. The van der Waals surface area contributed by atoms with E-state index in [1.54, 1.807) is 0 Å². The molecular weight excluding hydrogens is 224 g/mol. The summed E-state index contributed by atoms with van der Waals surface area (Å²) in [4.78, 5) is 4.11. The van der Waals surface area contributed by atoms with Crippen LogP contribution in [0.25, 0.3) is 0 Å². The van der Waals surface area contributed by atoms with E-state index in [-0.39, 0.29) is 12.2 Å². The quantitative estimate of drug-likeness (QED) is 0.825. The Hall–Kier alpha value is -0.800. The average Bonchev–Trinajstić information content (AvgIpc) is 2.38. The summed E-state index contributed by atoms with van der Waals surface area (Å²) in [6.07, 6.45) is 7.30. The third kappa shape index (κ3) is 2.47. The first-order valence-electron chi connectivity index (χ1n) is 5.68. The van der Waals surface area contributed by atoms with Crippen molar-refractivity contribution in [2.24, 2.45) is 0 Å². The van der Waals surface area contributed by atoms with Crippen molar-refractivity contribution in [1.82, 2.24) is 4.98 Å². The Labute approximate surface area is 101 Å². The van der Waals surface area contributed by atoms with Crippen molar-refractivity contribution in [3.05, 3.63) is 24.0 Å². The van der Waals surface area contributed by atoms with Gasteiger partial charge in [0, 0.05) is 24.7 Å². The van der Waals surface area contributed by atoms with Gasteiger partial charge in [-0.05, 0) is 25.3 Å². The molecule has 1 saturated heterocycles. The van der Waals surface area contributed by atoms with Gasteiger partial charge in [-0.15, -0.1) is 11.6 Å². The van der Waals surface area contributed by atoms with Crippen LogP contribution in [0.5, 0.6) is 0 Å². The van der Waals surface area contributed by atoms with Gasteiger partial charge in [-0.2, -0.15) is 0 Å². The lowest BCUT2D eigenvalue weighted by atomic mass is 9.98. The zero-order valence-corrected chi connectivity index (χ0v) is 10.2. The first kappa shape index (κ1) is 11.7. The van der Waals surface area contributed by atoms with E-state index in [4.69, 9.17) is 16.3 Å². The summed E-state index contributed by atoms with van der Waals surface area (Å²) in [5.74, 6) is 0.580. The zero-order valence-electron chi connectivity index (χ0n) is 9.45. The van der Waals surface area contributed by atoms with E-state index in [0.29, 0.717) is 5.88 Å². The van der Waals surface area contributed by atoms with Crippen molar-refractivity contribution in [2.45, 2.75) is 31.5 Å². The van der Waals surface area contributed by atoms with Crippen molar-refractivity contribution in [1.29, 1.82) is 0 Å². The van der Waals surface area contributed by atoms with E-state index in [1.807, 2.05) is 25.5 Å². The molecule has 1 aliphatic rings. The number of hydrogen-bond acceptors (Lipinski definition) is 3. The summed E-state index contributed by atoms with van der Waals surface area (Å²) in [6, 6.07) is 2.02. The van der Waals surface area contributed by atoms with Gasteiger partial charge in [0.05, 0.1) is 24.1 Å². The smallest absolute Gasteiger partial charge is 0.0850 e. The number of nitrogens with one attached hydrogen (secondary N) is 1. The number of pyridine rings is 1. The van der Waals surface area contributed by atoms with Gasteiger partial charge in [-0.1, -0.05) is 0 Å². The maximum atomic E-state index is 5.96. The summed E-state index contributed by atoms with van der Waals surface area (Å²) in [7, 11) is 1.91. The number of rotatable bonds is 3. The van der Waals surface area contributed by atoms with Crippen molar-refractivity contribution in [2.75, 3.05) is 18.2 Å². The van der Waals surface area contributed by atoms with Crippen LogP contribution >= 0.6 is 11.6 Å². The molecule has 88 valence electrons. The van der Waals surface area contributed by atoms with E-state index in [2.05, 4.69) is 10.3 Å². The van der Waals surface area contributed by atoms with Gasteiger partial charge < -0.3 is 10.1 Å². The van der Waals surface area contributed by atoms with Crippen LogP contribution in [-0.2, 0) is 4.74 Å². The third-order valence-corrected chi connectivity index (χ3v) is 3.34. The zero-order chi connectivity index (χ0) is 11.4. The number of ether oxygens (including phenoxy) is 1. The molecule has 0 saturated carbocycles. The number of halogens is 1. The Balaban J connectivity index is 2.16. The Morgan fingerprint density at radius 2 is 2.44 bits per heavy atom. The Morgan fingerprint density at radius 1 is 1.56 bits per heavy atom. The molecule has 1 aromatic heterocycles. The van der Waals surface area contributed by atoms with Crippen molar-refractivity contribution in [3.63, 3.8) is 0 Å². The van der Waals surface area contributed by atoms with Crippen LogP contribution in [0.15, 0.2) is 18.5 Å². The molecule has 2 rings (SSSR count). The minimum Gasteiger partial charge on any atom is -0.387 e. The van der Waals surface area contributed by atoms with Crippen LogP contribution in [0, 0.1) is 0 Å². The normalized spacial score (nSPS) is 25.4. The van der Waals surface area contributed by atoms with Crippen LogP contribution in [-0.4, -0.2) is 24.0 Å². The molecule has 0 spiro atoms. The van der Waals surface area contributed by atoms with Crippen molar-refractivity contribution in [3.8, 4) is 0 Å². The molecule has 1 unspecified atom stereocenters. The molecule has 2 atom stereocenters. The molecule has 1 aromatic rings. The molecule has 1 fully saturated rings. The van der Waals surface area contributed by atoms with Crippen LogP contribution in [0.1, 0.15) is 30.9 Å². The standard InChI is InChI=1S/C12H17ClN2O/c1-14-11-8-15-6-5-10(11)12-4-2-3-9(7-13)16-12/h5-6,8-9,12,14H,2-4,7H2,1H3/t9-,12?/m0/s1. The maximum absolute atomic E-state index is 5.96. The molecule has 16 heavy (non-hydrogen) atoms. The lowest BCUT2D eigenvalue weighted by Crippen LogP contribution is -2.24. The van der Waals surface area contributed by atoms with Crippen LogP contribution in [0.3, 0.4) is 0 Å². The minimum absolute atomic E-state index is 0.156. The predicted octanol–water partition coefficient (Wildman–Crippen LogP) is 2.97. The molecule has 0 aromatic carbocycles. The van der Waals surface area contributed by atoms with Gasteiger partial charge in [0.1, 0.15) is 0 Å². The van der Waals surface area contributed by atoms with Gasteiger partial charge in [0.2, 0.25) is 0 Å². The molecule has 0 aliphatic carbocycles. The molecule has 0 radical (unpaired) electrons. The fraction of sp³-hybridized carbons (Fsp3) is 0.583. The molecule has 2 heterocycles. The first-order valence-corrected chi connectivity index (χ1v) is 6.21. The van der Waals surface area contributed by atoms with Gasteiger partial charge in [-0.25, -0.2) is 0 Å². The largest absolute Gasteiger partial charge is 0.387 e. The number of nitrogens with zero attached hydrogens (tertiary/aromatic N) is 1. The summed E-state index contributed by atoms with van der Waals surface area (Å²) >= 11 is 5.85. The van der Waals surface area contributed by atoms with Gasteiger partial charge in [0.15, 0.2) is 0 Å². The Bertz CT molecular complexity index is 346. The molecule has 1 aliphatic heterocycles. The highest BCUT2D eigenvalue weighted by Gasteiger charge is 2.24. The maximum Gasteiger partial charge on any atom is 0.0850 e. The van der Waals surface area contributed by atoms with E-state index < -0.39 is 0 Å². The average molecular weight is 241 g/mol. The summed E-state index contributed by atoms with van der Waals surface area (Å²) in [5, 5.41) is 3.15. The molecule has 1 N–H and O–H groups in total. The minimum atomic E-state index is 0.156. The predicted molar refractivity (Wildman–Crippen MR) is 66.0 cm³/mol. The summed E-state index contributed by atoms with van der Waals surface area (Å²) < 4.78 is 5.96. The highest BCUT2D eigenvalue weighted by Crippen LogP contribution is 2.34. The van der Waals surface area contributed by atoms with Gasteiger partial charge in [0.25, 0.3) is 0 Å². The lowest BCUT2D eigenvalue weighted by Gasteiger charge is -2.30. The highest BCUT2D eigenvalue weighted by atomic mass is 35.5. The second-order valence-electron chi connectivity index (χ2n) is 4.04. The third-order valence-electron chi connectivity index (χ3n) is 2.99. The van der Waals surface area contributed by atoms with Crippen LogP contribution in [0.4, 0.5) is 5.69 Å². The second kappa shape index (κ2) is 5.51. The van der Waals surface area contributed by atoms with E-state index in [9.17, 15) is 0 Å². The Morgan fingerprint density at radius 3 is 3.19 bits per heavy atom. The highest BCUT2D eigenvalue weighted by molar-refractivity contribution is 6.18. The number of alkyl halides is 1. The van der Waals surface area contributed by atoms with E-state index in [0.717, 1.165) is 18.5 Å². The number of anilines is 1. The molecule has 0 bridgehead atoms. The summed E-state index contributed by atoms with van der Waals surface area (Å²) in [5.41, 5.74) is 2.23. The monoisotopic (exact) mass is 240 g/mol. The van der Waals surface area contributed by atoms with Crippen molar-refractivity contribution < 1.29 is 4.74 Å². The van der Waals surface area contributed by atoms with Gasteiger partial charge in [-0.3, -0.25) is 4.98 Å². The molecule has 4 heteroatoms. The molecule has 0 amide bonds. The van der Waals surface area contributed by atoms with Crippen LogP contribution < -0.4 is 5.32 Å². The number of hydrogen-bond donors (Lipinski definition) is 1.